The molecule has 198 valence electrons. The van der Waals surface area contributed by atoms with Gasteiger partial charge in [-0.3, -0.25) is 4.90 Å². The minimum Gasteiger partial charge on any atom is -0.508 e. The summed E-state index contributed by atoms with van der Waals surface area (Å²) in [5.41, 5.74) is 2.11. The number of benzene rings is 2. The van der Waals surface area contributed by atoms with Gasteiger partial charge in [0.1, 0.15) is 17.1 Å². The van der Waals surface area contributed by atoms with Crippen LogP contribution < -0.4 is 15.0 Å². The quantitative estimate of drug-likeness (QED) is 0.407. The monoisotopic (exact) mass is 521 g/mol. The first-order valence-corrected chi connectivity index (χ1v) is 12.5. The number of aromatic hydroxyl groups is 1. The molecule has 0 bridgehead atoms. The molecule has 1 unspecified atom stereocenters. The molecule has 1 amide bonds. The Labute approximate surface area is 213 Å². The van der Waals surface area contributed by atoms with Gasteiger partial charge in [0.15, 0.2) is 0 Å². The number of nitrogens with one attached hydrogen (secondary N) is 2. The van der Waals surface area contributed by atoms with E-state index < -0.39 is 22.2 Å². The molecule has 0 radical (unpaired) electrons. The van der Waals surface area contributed by atoms with Gasteiger partial charge >= 0.3 is 16.6 Å². The highest BCUT2D eigenvalue weighted by molar-refractivity contribution is 7.60. The van der Waals surface area contributed by atoms with E-state index in [2.05, 4.69) is 5.32 Å². The van der Waals surface area contributed by atoms with Crippen LogP contribution in [0.2, 0.25) is 0 Å². The van der Waals surface area contributed by atoms with E-state index in [1.807, 2.05) is 45.9 Å². The van der Waals surface area contributed by atoms with Crippen molar-refractivity contribution in [3.05, 3.63) is 53.1 Å². The van der Waals surface area contributed by atoms with Gasteiger partial charge in [-0.05, 0) is 82.5 Å². The number of aliphatic hydroxyl groups excluding tert-OH is 1. The Morgan fingerprint density at radius 1 is 1.22 bits per heavy atom. The summed E-state index contributed by atoms with van der Waals surface area (Å²) in [6.45, 7) is 10.4. The van der Waals surface area contributed by atoms with E-state index in [4.69, 9.17) is 22.7 Å². The summed E-state index contributed by atoms with van der Waals surface area (Å²) in [7, 11) is -0.997. The van der Waals surface area contributed by atoms with Crippen molar-refractivity contribution in [3.63, 3.8) is 0 Å². The molecule has 10 nitrogen and oxygen atoms in total. The lowest BCUT2D eigenvalue weighted by molar-refractivity contribution is 0.0345. The van der Waals surface area contributed by atoms with Crippen molar-refractivity contribution in [3.8, 4) is 11.5 Å². The molecule has 0 aromatic heterocycles. The number of aryl methyl sites for hydroxylation is 1. The molecule has 1 atom stereocenters. The fourth-order valence-corrected chi connectivity index (χ4v) is 3.85. The molecule has 0 fully saturated rings. The van der Waals surface area contributed by atoms with Gasteiger partial charge < -0.3 is 25.0 Å². The molecule has 0 saturated heterocycles. The Kier molecular flexibility index (Phi) is 9.47. The number of β-amino-alcohol motifs (C(OH)–C–C–N with tert-alkyl or cyclic N) is 1. The predicted octanol–water partition coefficient (Wildman–Crippen LogP) is 4.02. The minimum atomic E-state index is -2.61. The van der Waals surface area contributed by atoms with E-state index in [9.17, 15) is 15.0 Å². The van der Waals surface area contributed by atoms with E-state index in [0.717, 1.165) is 28.1 Å². The smallest absolute Gasteiger partial charge is 0.415 e. The fraction of sp³-hybridized carbons (Fsp3) is 0.480. The fourth-order valence-electron chi connectivity index (χ4n) is 3.85. The lowest BCUT2D eigenvalue weighted by Gasteiger charge is -2.40. The number of ether oxygens (including phenoxy) is 2. The van der Waals surface area contributed by atoms with Crippen LogP contribution in [0.3, 0.4) is 0 Å². The third-order valence-corrected chi connectivity index (χ3v) is 6.05. The molecule has 2 aromatic rings. The highest BCUT2D eigenvalue weighted by Crippen LogP contribution is 2.41. The van der Waals surface area contributed by atoms with E-state index in [1.165, 1.54) is 0 Å². The normalized spacial score (nSPS) is 15.2. The number of aliphatic hydroxyl groups is 1. The van der Waals surface area contributed by atoms with E-state index in [1.54, 1.807) is 37.1 Å². The van der Waals surface area contributed by atoms with Gasteiger partial charge in [-0.2, -0.15) is 13.2 Å². The summed E-state index contributed by atoms with van der Waals surface area (Å²) in [6, 6.07) is 10.8. The third kappa shape index (κ3) is 7.67. The van der Waals surface area contributed by atoms with Crippen LogP contribution in [0.5, 0.6) is 11.5 Å². The third-order valence-electron chi connectivity index (χ3n) is 6.05. The van der Waals surface area contributed by atoms with Crippen molar-refractivity contribution < 1.29 is 32.9 Å². The maximum atomic E-state index is 12.7. The second-order valence-electron chi connectivity index (χ2n) is 9.72. The molecular formula is C25H35N3O7S. The maximum Gasteiger partial charge on any atom is 0.415 e. The van der Waals surface area contributed by atoms with Crippen molar-refractivity contribution in [1.29, 1.82) is 4.78 Å². The number of carbonyl (C=O) groups excluding carboxylic acids is 1. The summed E-state index contributed by atoms with van der Waals surface area (Å²) < 4.78 is 33.9. The molecule has 4 N–H and O–H groups in total. The number of carbonyl (C=O) groups is 1. The van der Waals surface area contributed by atoms with Crippen molar-refractivity contribution in [1.82, 2.24) is 5.32 Å². The molecule has 1 aliphatic rings. The first kappa shape index (κ1) is 29.1. The molecule has 11 heteroatoms. The zero-order valence-electron chi connectivity index (χ0n) is 21.5. The van der Waals surface area contributed by atoms with Crippen molar-refractivity contribution in [2.24, 2.45) is 0 Å². The molecule has 0 saturated carbocycles. The molecule has 3 rings (SSSR count). The number of cyclic esters (lactones) is 1. The number of hydrogen-bond donors (Lipinski definition) is 4. The number of fused-ring (bicyclic) bond motifs is 1. The Hall–Kier alpha value is -3.15. The first-order chi connectivity index (χ1) is 16.7. The number of anilines is 1. The van der Waals surface area contributed by atoms with Crippen LogP contribution in [-0.4, -0.2) is 50.5 Å². The Morgan fingerprint density at radius 2 is 1.86 bits per heavy atom. The largest absolute Gasteiger partial charge is 0.508 e. The number of phenolic OH excluding ortho intramolecular Hbond substituents is 1. The minimum absolute atomic E-state index is 0.212. The van der Waals surface area contributed by atoms with Crippen molar-refractivity contribution >= 4 is 22.3 Å². The number of methoxy groups -OCH3 is 1. The number of hydrogen-bond acceptors (Lipinski definition) is 9. The highest BCUT2D eigenvalue weighted by Gasteiger charge is 2.39. The van der Waals surface area contributed by atoms with Gasteiger partial charge in [-0.25, -0.2) is 4.79 Å². The molecular weight excluding hydrogens is 486 g/mol. The van der Waals surface area contributed by atoms with E-state index >= 15 is 0 Å². The first-order valence-electron chi connectivity index (χ1n) is 11.4. The van der Waals surface area contributed by atoms with Crippen LogP contribution >= 0.6 is 0 Å². The van der Waals surface area contributed by atoms with Gasteiger partial charge in [-0.1, -0.05) is 6.07 Å². The Balaban J connectivity index is 0.00000106. The second-order valence-corrected chi connectivity index (χ2v) is 10.2. The number of nitrogens with zero attached hydrogens (tertiary/aromatic N) is 1. The molecule has 36 heavy (non-hydrogen) atoms. The summed E-state index contributed by atoms with van der Waals surface area (Å²) in [5.74, 6) is 0.930. The van der Waals surface area contributed by atoms with Gasteiger partial charge in [0.2, 0.25) is 0 Å². The SMILES string of the molecule is COc1ccc2c(c1)C(C)(C)OC(=O)N2CCC(C)(C)NCC(O)c1ccc(O)c(C)c1.N=S(=O)=O. The lowest BCUT2D eigenvalue weighted by atomic mass is 9.93. The van der Waals surface area contributed by atoms with Gasteiger partial charge in [0, 0.05) is 24.2 Å². The average Bonchev–Trinajstić information content (AvgIpc) is 2.78. The topological polar surface area (TPSA) is 149 Å². The number of phenols is 1. The van der Waals surface area contributed by atoms with Gasteiger partial charge in [-0.15, -0.1) is 0 Å². The predicted molar refractivity (Wildman–Crippen MR) is 136 cm³/mol. The van der Waals surface area contributed by atoms with E-state index in [0.29, 0.717) is 19.5 Å². The van der Waals surface area contributed by atoms with E-state index in [-0.39, 0.29) is 17.4 Å². The van der Waals surface area contributed by atoms with Crippen LogP contribution in [-0.2, 0) is 20.8 Å². The van der Waals surface area contributed by atoms with Crippen LogP contribution in [0.25, 0.3) is 0 Å². The summed E-state index contributed by atoms with van der Waals surface area (Å²) in [6.07, 6.45) is -0.430. The van der Waals surface area contributed by atoms with Crippen LogP contribution in [0.15, 0.2) is 36.4 Å². The molecule has 1 heterocycles. The Morgan fingerprint density at radius 3 is 2.44 bits per heavy atom. The average molecular weight is 522 g/mol. The molecule has 0 spiro atoms. The van der Waals surface area contributed by atoms with Crippen molar-refractivity contribution in [2.75, 3.05) is 25.1 Å². The van der Waals surface area contributed by atoms with Crippen molar-refractivity contribution in [2.45, 2.75) is 58.3 Å². The van der Waals surface area contributed by atoms with Crippen LogP contribution in [0.4, 0.5) is 10.5 Å². The van der Waals surface area contributed by atoms with Crippen LogP contribution in [0, 0.1) is 11.7 Å². The molecule has 2 aromatic carbocycles. The maximum absolute atomic E-state index is 12.7. The lowest BCUT2D eigenvalue weighted by Crippen LogP contribution is -2.48. The summed E-state index contributed by atoms with van der Waals surface area (Å²) >= 11 is 0. The number of rotatable bonds is 8. The molecule has 1 aliphatic heterocycles. The zero-order chi connectivity index (χ0) is 27.3. The molecule has 0 aliphatic carbocycles. The Bertz CT molecular complexity index is 1190. The highest BCUT2D eigenvalue weighted by atomic mass is 32.2. The summed E-state index contributed by atoms with van der Waals surface area (Å²) in [4.78, 5) is 14.4. The van der Waals surface area contributed by atoms with Gasteiger partial charge in [0.25, 0.3) is 0 Å². The van der Waals surface area contributed by atoms with Crippen LogP contribution in [0.1, 0.15) is 56.9 Å². The zero-order valence-corrected chi connectivity index (χ0v) is 22.3. The second kappa shape index (κ2) is 11.7. The van der Waals surface area contributed by atoms with Gasteiger partial charge in [0.05, 0.1) is 18.9 Å². The summed E-state index contributed by atoms with van der Waals surface area (Å²) in [5, 5.41) is 23.6. The standard InChI is InChI=1S/C25H34N2O5.HNO2S/c1-16-13-17(7-10-21(16)28)22(29)15-26-24(2,3)11-12-27-20-9-8-18(31-6)14-19(20)25(4,5)32-23(27)30;1-4(2)3/h7-10,13-14,22,26,28-29H,11-12,15H2,1-6H3;1H. The number of amides is 1.